The molecular weight excluding hydrogens is 266 g/mol. The van der Waals surface area contributed by atoms with Crippen molar-refractivity contribution in [1.82, 2.24) is 5.32 Å². The highest BCUT2D eigenvalue weighted by Gasteiger charge is 2.36. The summed E-state index contributed by atoms with van der Waals surface area (Å²) in [5.41, 5.74) is 1.01. The molecule has 4 heteroatoms. The van der Waals surface area contributed by atoms with Crippen LogP contribution in [0.1, 0.15) is 52.1 Å². The van der Waals surface area contributed by atoms with Gasteiger partial charge in [-0.25, -0.2) is 0 Å². The predicted molar refractivity (Wildman–Crippen MR) is 84.5 cm³/mol. The monoisotopic (exact) mass is 293 g/mol. The number of hydrogen-bond acceptors (Lipinski definition) is 4. The summed E-state index contributed by atoms with van der Waals surface area (Å²) < 4.78 is 17.7. The highest BCUT2D eigenvalue weighted by Crippen LogP contribution is 2.45. The molecule has 2 atom stereocenters. The van der Waals surface area contributed by atoms with Gasteiger partial charge in [-0.2, -0.15) is 0 Å². The Kier molecular flexibility index (Phi) is 4.99. The molecule has 0 aromatic heterocycles. The summed E-state index contributed by atoms with van der Waals surface area (Å²) in [4.78, 5) is 0. The average molecular weight is 293 g/mol. The molecule has 0 amide bonds. The van der Waals surface area contributed by atoms with Gasteiger partial charge in [-0.1, -0.05) is 6.92 Å². The molecule has 0 spiro atoms. The smallest absolute Gasteiger partial charge is 0.164 e. The van der Waals surface area contributed by atoms with Crippen LogP contribution in [-0.2, 0) is 0 Å². The fourth-order valence-electron chi connectivity index (χ4n) is 2.78. The molecule has 1 N–H and O–H groups in total. The van der Waals surface area contributed by atoms with Crippen molar-refractivity contribution in [1.29, 1.82) is 0 Å². The number of ether oxygens (including phenoxy) is 3. The first-order chi connectivity index (χ1) is 10.1. The van der Waals surface area contributed by atoms with Crippen LogP contribution in [0.25, 0.3) is 0 Å². The minimum atomic E-state index is -0.142. The van der Waals surface area contributed by atoms with Crippen LogP contribution in [0.15, 0.2) is 12.1 Å². The maximum Gasteiger partial charge on any atom is 0.164 e. The van der Waals surface area contributed by atoms with Gasteiger partial charge in [-0.3, -0.25) is 0 Å². The molecule has 0 saturated carbocycles. The van der Waals surface area contributed by atoms with Gasteiger partial charge in [0.05, 0.1) is 13.2 Å². The Balaban J connectivity index is 2.46. The quantitative estimate of drug-likeness (QED) is 0.868. The number of nitrogens with one attached hydrogen (secondary N) is 1. The minimum absolute atomic E-state index is 0.142. The predicted octanol–water partition coefficient (Wildman–Crippen LogP) is 3.70. The van der Waals surface area contributed by atoms with Crippen LogP contribution in [0.5, 0.6) is 17.2 Å². The number of fused-ring (bicyclic) bond motifs is 1. The lowest BCUT2D eigenvalue weighted by Gasteiger charge is -2.39. The van der Waals surface area contributed by atoms with Gasteiger partial charge < -0.3 is 19.5 Å². The molecule has 1 aromatic carbocycles. The Labute approximate surface area is 127 Å². The van der Waals surface area contributed by atoms with E-state index in [0.717, 1.165) is 35.7 Å². The van der Waals surface area contributed by atoms with Gasteiger partial charge in [0.2, 0.25) is 0 Å². The molecular formula is C17H27NO3. The Bertz CT molecular complexity index is 489. The molecule has 21 heavy (non-hydrogen) atoms. The molecule has 0 fully saturated rings. The highest BCUT2D eigenvalue weighted by molar-refractivity contribution is 5.53. The van der Waals surface area contributed by atoms with E-state index in [1.54, 1.807) is 0 Å². The third kappa shape index (κ3) is 3.26. The first-order valence-corrected chi connectivity index (χ1v) is 7.86. The maximum absolute atomic E-state index is 6.25. The number of rotatable bonds is 6. The summed E-state index contributed by atoms with van der Waals surface area (Å²) in [5, 5.41) is 3.39. The van der Waals surface area contributed by atoms with Crippen molar-refractivity contribution in [3.63, 3.8) is 0 Å². The second-order valence-corrected chi connectivity index (χ2v) is 5.65. The van der Waals surface area contributed by atoms with E-state index >= 15 is 0 Å². The molecule has 0 bridgehead atoms. The minimum Gasteiger partial charge on any atom is -0.490 e. The molecule has 0 saturated heterocycles. The third-order valence-corrected chi connectivity index (χ3v) is 4.14. The molecule has 2 unspecified atom stereocenters. The van der Waals surface area contributed by atoms with Crippen molar-refractivity contribution in [3.05, 3.63) is 17.7 Å². The molecule has 0 radical (unpaired) electrons. The third-order valence-electron chi connectivity index (χ3n) is 4.14. The van der Waals surface area contributed by atoms with Crippen LogP contribution in [0.3, 0.4) is 0 Å². The lowest BCUT2D eigenvalue weighted by atomic mass is 9.86. The van der Waals surface area contributed by atoms with Gasteiger partial charge in [0.15, 0.2) is 11.5 Å². The molecule has 118 valence electrons. The van der Waals surface area contributed by atoms with E-state index in [1.165, 1.54) is 0 Å². The summed E-state index contributed by atoms with van der Waals surface area (Å²) >= 11 is 0. The zero-order valence-electron chi connectivity index (χ0n) is 13.8. The van der Waals surface area contributed by atoms with E-state index in [2.05, 4.69) is 25.2 Å². The maximum atomic E-state index is 6.25. The average Bonchev–Trinajstić information content (AvgIpc) is 2.48. The number of hydrogen-bond donors (Lipinski definition) is 1. The van der Waals surface area contributed by atoms with Crippen LogP contribution < -0.4 is 19.5 Å². The largest absolute Gasteiger partial charge is 0.490 e. The fourth-order valence-corrected chi connectivity index (χ4v) is 2.78. The van der Waals surface area contributed by atoms with Crippen LogP contribution in [-0.4, -0.2) is 25.9 Å². The molecule has 4 nitrogen and oxygen atoms in total. The number of benzene rings is 1. The summed E-state index contributed by atoms with van der Waals surface area (Å²) in [5.74, 6) is 2.45. The Morgan fingerprint density at radius 2 is 1.81 bits per heavy atom. The SMILES string of the molecule is CCOc1cc2c(cc1OCC)C(NC)CC(C)(CC)O2. The van der Waals surface area contributed by atoms with Crippen molar-refractivity contribution >= 4 is 0 Å². The first kappa shape index (κ1) is 16.0. The molecule has 0 aliphatic carbocycles. The zero-order chi connectivity index (χ0) is 15.5. The Hall–Kier alpha value is -1.42. The van der Waals surface area contributed by atoms with Crippen LogP contribution in [0.2, 0.25) is 0 Å². The molecule has 1 heterocycles. The Morgan fingerprint density at radius 1 is 1.19 bits per heavy atom. The molecule has 1 aromatic rings. The first-order valence-electron chi connectivity index (χ1n) is 7.86. The van der Waals surface area contributed by atoms with Gasteiger partial charge in [0, 0.05) is 24.1 Å². The van der Waals surface area contributed by atoms with E-state index in [9.17, 15) is 0 Å². The standard InChI is InChI=1S/C17H27NO3/c1-6-17(4)11-13(18-5)12-9-15(19-7-2)16(20-8-3)10-14(12)21-17/h9-10,13,18H,6-8,11H2,1-5H3. The van der Waals surface area contributed by atoms with E-state index in [0.29, 0.717) is 13.2 Å². The van der Waals surface area contributed by atoms with Crippen molar-refractivity contribution in [2.24, 2.45) is 0 Å². The van der Waals surface area contributed by atoms with Gasteiger partial charge >= 0.3 is 0 Å². The summed E-state index contributed by atoms with van der Waals surface area (Å²) in [7, 11) is 1.99. The molecule has 1 aliphatic heterocycles. The normalized spacial score (nSPS) is 24.1. The second kappa shape index (κ2) is 6.56. The van der Waals surface area contributed by atoms with Gasteiger partial charge in [0.25, 0.3) is 0 Å². The lowest BCUT2D eigenvalue weighted by Crippen LogP contribution is -2.40. The zero-order valence-corrected chi connectivity index (χ0v) is 13.8. The van der Waals surface area contributed by atoms with Gasteiger partial charge in [0.1, 0.15) is 11.4 Å². The fraction of sp³-hybridized carbons (Fsp3) is 0.647. The topological polar surface area (TPSA) is 39.7 Å². The van der Waals surface area contributed by atoms with E-state index < -0.39 is 0 Å². The molecule has 2 rings (SSSR count). The lowest BCUT2D eigenvalue weighted by molar-refractivity contribution is 0.0449. The van der Waals surface area contributed by atoms with Crippen molar-refractivity contribution < 1.29 is 14.2 Å². The van der Waals surface area contributed by atoms with Crippen molar-refractivity contribution in [2.45, 2.75) is 52.2 Å². The van der Waals surface area contributed by atoms with E-state index in [-0.39, 0.29) is 11.6 Å². The highest BCUT2D eigenvalue weighted by atomic mass is 16.5. The van der Waals surface area contributed by atoms with E-state index in [4.69, 9.17) is 14.2 Å². The summed E-state index contributed by atoms with van der Waals surface area (Å²) in [6.45, 7) is 9.51. The van der Waals surface area contributed by atoms with E-state index in [1.807, 2.05) is 27.0 Å². The van der Waals surface area contributed by atoms with Crippen LogP contribution >= 0.6 is 0 Å². The van der Waals surface area contributed by atoms with Crippen molar-refractivity contribution in [3.8, 4) is 17.2 Å². The molecule has 1 aliphatic rings. The second-order valence-electron chi connectivity index (χ2n) is 5.65. The van der Waals surface area contributed by atoms with Gasteiger partial charge in [-0.05, 0) is 40.3 Å². The summed E-state index contributed by atoms with van der Waals surface area (Å²) in [6, 6.07) is 4.30. The van der Waals surface area contributed by atoms with Crippen LogP contribution in [0.4, 0.5) is 0 Å². The summed E-state index contributed by atoms with van der Waals surface area (Å²) in [6.07, 6.45) is 1.92. The van der Waals surface area contributed by atoms with Gasteiger partial charge in [-0.15, -0.1) is 0 Å². The van der Waals surface area contributed by atoms with Crippen molar-refractivity contribution in [2.75, 3.05) is 20.3 Å². The van der Waals surface area contributed by atoms with Crippen LogP contribution in [0, 0.1) is 0 Å². The Morgan fingerprint density at radius 3 is 2.33 bits per heavy atom.